The summed E-state index contributed by atoms with van der Waals surface area (Å²) < 4.78 is 10.2. The molecule has 0 atom stereocenters. The molecule has 132 valence electrons. The lowest BCUT2D eigenvalue weighted by atomic mass is 10.1. The fourth-order valence-corrected chi connectivity index (χ4v) is 2.20. The third-order valence-electron chi connectivity index (χ3n) is 3.68. The molecule has 0 aliphatic carbocycles. The zero-order valence-corrected chi connectivity index (χ0v) is 14.4. The number of carbonyl (C=O) groups excluding carboxylic acids is 2. The third kappa shape index (κ3) is 5.84. The molecule has 25 heavy (non-hydrogen) atoms. The van der Waals surface area contributed by atoms with Gasteiger partial charge in [0.25, 0.3) is 0 Å². The normalized spacial score (nSPS) is 10.0. The van der Waals surface area contributed by atoms with Gasteiger partial charge in [0.15, 0.2) is 0 Å². The van der Waals surface area contributed by atoms with Crippen LogP contribution in [0.15, 0.2) is 48.5 Å². The van der Waals surface area contributed by atoms with E-state index in [9.17, 15) is 9.59 Å². The molecule has 0 spiro atoms. The van der Waals surface area contributed by atoms with Crippen LogP contribution in [0.1, 0.15) is 11.1 Å². The summed E-state index contributed by atoms with van der Waals surface area (Å²) in [6.07, 6.45) is 0.640. The third-order valence-corrected chi connectivity index (χ3v) is 3.68. The molecule has 0 aromatic heterocycles. The van der Waals surface area contributed by atoms with E-state index in [0.717, 1.165) is 22.6 Å². The number of rotatable bonds is 7. The maximum Gasteiger partial charge on any atom is 0.309 e. The van der Waals surface area contributed by atoms with Crippen molar-refractivity contribution in [3.8, 4) is 11.5 Å². The first kappa shape index (κ1) is 18.3. The second-order valence-corrected chi connectivity index (χ2v) is 5.38. The molecule has 2 rings (SSSR count). The van der Waals surface area contributed by atoms with Crippen LogP contribution in [0.2, 0.25) is 0 Å². The molecular formula is C19H22N2O4. The van der Waals surface area contributed by atoms with E-state index < -0.39 is 11.8 Å². The summed E-state index contributed by atoms with van der Waals surface area (Å²) in [4.78, 5) is 23.6. The van der Waals surface area contributed by atoms with Crippen LogP contribution in [0.4, 0.5) is 0 Å². The summed E-state index contributed by atoms with van der Waals surface area (Å²) in [5.74, 6) is 0.240. The van der Waals surface area contributed by atoms with Gasteiger partial charge in [-0.2, -0.15) is 0 Å². The highest BCUT2D eigenvalue weighted by Crippen LogP contribution is 2.12. The van der Waals surface area contributed by atoms with E-state index in [0.29, 0.717) is 13.0 Å². The van der Waals surface area contributed by atoms with Crippen molar-refractivity contribution >= 4 is 11.8 Å². The van der Waals surface area contributed by atoms with E-state index >= 15 is 0 Å². The van der Waals surface area contributed by atoms with Gasteiger partial charge in [-0.05, 0) is 41.8 Å². The summed E-state index contributed by atoms with van der Waals surface area (Å²) in [6, 6.07) is 14.8. The number of amides is 2. The number of methoxy groups -OCH3 is 2. The van der Waals surface area contributed by atoms with Crippen LogP contribution in [0, 0.1) is 0 Å². The summed E-state index contributed by atoms with van der Waals surface area (Å²) in [5.41, 5.74) is 1.94. The highest BCUT2D eigenvalue weighted by molar-refractivity contribution is 6.35. The summed E-state index contributed by atoms with van der Waals surface area (Å²) in [5, 5.41) is 5.20. The smallest absolute Gasteiger partial charge is 0.309 e. The molecule has 0 saturated heterocycles. The van der Waals surface area contributed by atoms with E-state index in [1.165, 1.54) is 0 Å². The number of nitrogens with one attached hydrogen (secondary N) is 2. The first-order valence-corrected chi connectivity index (χ1v) is 7.94. The molecule has 2 aromatic carbocycles. The Morgan fingerprint density at radius 1 is 0.760 bits per heavy atom. The maximum absolute atomic E-state index is 11.8. The molecular weight excluding hydrogens is 320 g/mol. The fourth-order valence-electron chi connectivity index (χ4n) is 2.20. The van der Waals surface area contributed by atoms with Crippen molar-refractivity contribution in [3.05, 3.63) is 59.7 Å². The van der Waals surface area contributed by atoms with Crippen molar-refractivity contribution < 1.29 is 19.1 Å². The van der Waals surface area contributed by atoms with Gasteiger partial charge in [-0.1, -0.05) is 24.3 Å². The largest absolute Gasteiger partial charge is 0.497 e. The Labute approximate surface area is 147 Å². The minimum absolute atomic E-state index is 0.286. The van der Waals surface area contributed by atoms with Crippen molar-refractivity contribution in [1.29, 1.82) is 0 Å². The summed E-state index contributed by atoms with van der Waals surface area (Å²) in [7, 11) is 3.20. The lowest BCUT2D eigenvalue weighted by molar-refractivity contribution is -0.139. The van der Waals surface area contributed by atoms with Crippen molar-refractivity contribution in [3.63, 3.8) is 0 Å². The van der Waals surface area contributed by atoms with Crippen LogP contribution in [-0.4, -0.2) is 32.6 Å². The number of hydrogen-bond acceptors (Lipinski definition) is 4. The second-order valence-electron chi connectivity index (χ2n) is 5.38. The molecule has 0 bridgehead atoms. The van der Waals surface area contributed by atoms with Gasteiger partial charge in [-0.3, -0.25) is 9.59 Å². The van der Waals surface area contributed by atoms with Crippen LogP contribution < -0.4 is 20.1 Å². The van der Waals surface area contributed by atoms with Gasteiger partial charge >= 0.3 is 11.8 Å². The lowest BCUT2D eigenvalue weighted by Gasteiger charge is -2.08. The maximum atomic E-state index is 11.8. The summed E-state index contributed by atoms with van der Waals surface area (Å²) in [6.45, 7) is 0.676. The highest BCUT2D eigenvalue weighted by atomic mass is 16.5. The quantitative estimate of drug-likeness (QED) is 0.751. The Bertz CT molecular complexity index is 696. The molecule has 0 aliphatic rings. The monoisotopic (exact) mass is 342 g/mol. The minimum atomic E-state index is -0.648. The predicted molar refractivity (Wildman–Crippen MR) is 94.5 cm³/mol. The molecule has 2 amide bonds. The van der Waals surface area contributed by atoms with Crippen molar-refractivity contribution in [1.82, 2.24) is 10.6 Å². The Hall–Kier alpha value is -3.02. The van der Waals surface area contributed by atoms with E-state index in [1.807, 2.05) is 36.4 Å². The standard InChI is InChI=1S/C19H22N2O4/c1-24-16-7-3-14(4-8-16)11-12-20-18(22)19(23)21-13-15-5-9-17(25-2)10-6-15/h3-10H,11-13H2,1-2H3,(H,20,22)(H,21,23). The molecule has 0 radical (unpaired) electrons. The Morgan fingerprint density at radius 2 is 1.24 bits per heavy atom. The van der Waals surface area contributed by atoms with Crippen molar-refractivity contribution in [2.24, 2.45) is 0 Å². The zero-order chi connectivity index (χ0) is 18.1. The van der Waals surface area contributed by atoms with Gasteiger partial charge in [0.2, 0.25) is 0 Å². The average molecular weight is 342 g/mol. The van der Waals surface area contributed by atoms with Gasteiger partial charge in [0.1, 0.15) is 11.5 Å². The molecule has 0 unspecified atom stereocenters. The number of hydrogen-bond donors (Lipinski definition) is 2. The lowest BCUT2D eigenvalue weighted by Crippen LogP contribution is -2.40. The van der Waals surface area contributed by atoms with Crippen LogP contribution in [0.5, 0.6) is 11.5 Å². The van der Waals surface area contributed by atoms with E-state index in [-0.39, 0.29) is 6.54 Å². The highest BCUT2D eigenvalue weighted by Gasteiger charge is 2.12. The molecule has 0 fully saturated rings. The molecule has 2 aromatic rings. The van der Waals surface area contributed by atoms with Crippen LogP contribution in [0.3, 0.4) is 0 Å². The van der Waals surface area contributed by atoms with Crippen molar-refractivity contribution in [2.75, 3.05) is 20.8 Å². The van der Waals surface area contributed by atoms with E-state index in [4.69, 9.17) is 9.47 Å². The topological polar surface area (TPSA) is 76.7 Å². The van der Waals surface area contributed by atoms with Crippen LogP contribution in [0.25, 0.3) is 0 Å². The Morgan fingerprint density at radius 3 is 1.76 bits per heavy atom. The zero-order valence-electron chi connectivity index (χ0n) is 14.4. The Balaban J connectivity index is 1.71. The minimum Gasteiger partial charge on any atom is -0.497 e. The molecule has 0 saturated carbocycles. The van der Waals surface area contributed by atoms with Gasteiger partial charge < -0.3 is 20.1 Å². The van der Waals surface area contributed by atoms with Gasteiger partial charge in [-0.25, -0.2) is 0 Å². The van der Waals surface area contributed by atoms with Gasteiger partial charge in [0, 0.05) is 13.1 Å². The van der Waals surface area contributed by atoms with Gasteiger partial charge in [0.05, 0.1) is 14.2 Å². The first-order chi connectivity index (χ1) is 12.1. The van der Waals surface area contributed by atoms with E-state index in [1.54, 1.807) is 26.4 Å². The SMILES string of the molecule is COc1ccc(CCNC(=O)C(=O)NCc2ccc(OC)cc2)cc1. The first-order valence-electron chi connectivity index (χ1n) is 7.94. The Kier molecular flexibility index (Phi) is 6.83. The fraction of sp³-hybridized carbons (Fsp3) is 0.263. The van der Waals surface area contributed by atoms with Crippen LogP contribution in [-0.2, 0) is 22.6 Å². The molecule has 0 heterocycles. The number of carbonyl (C=O) groups is 2. The van der Waals surface area contributed by atoms with Crippen molar-refractivity contribution in [2.45, 2.75) is 13.0 Å². The molecule has 2 N–H and O–H groups in total. The molecule has 6 nitrogen and oxygen atoms in total. The summed E-state index contributed by atoms with van der Waals surface area (Å²) >= 11 is 0. The number of benzene rings is 2. The van der Waals surface area contributed by atoms with Crippen LogP contribution >= 0.6 is 0 Å². The van der Waals surface area contributed by atoms with Gasteiger partial charge in [-0.15, -0.1) is 0 Å². The average Bonchev–Trinajstić information content (AvgIpc) is 2.66. The molecule has 0 aliphatic heterocycles. The predicted octanol–water partition coefficient (Wildman–Crippen LogP) is 1.68. The van der Waals surface area contributed by atoms with E-state index in [2.05, 4.69) is 10.6 Å². The molecule has 6 heteroatoms. The second kappa shape index (κ2) is 9.32. The number of ether oxygens (including phenoxy) is 2.